The summed E-state index contributed by atoms with van der Waals surface area (Å²) >= 11 is 6.15. The highest BCUT2D eigenvalue weighted by Crippen LogP contribution is 2.31. The van der Waals surface area contributed by atoms with Crippen LogP contribution in [0, 0.1) is 0 Å². The number of aliphatic hydroxyl groups is 1. The quantitative estimate of drug-likeness (QED) is 0.780. The average molecular weight is 275 g/mol. The van der Waals surface area contributed by atoms with Crippen LogP contribution in [0.3, 0.4) is 0 Å². The van der Waals surface area contributed by atoms with E-state index in [9.17, 15) is 5.11 Å². The van der Waals surface area contributed by atoms with Crippen LogP contribution in [-0.4, -0.2) is 47.0 Å². The van der Waals surface area contributed by atoms with Gasteiger partial charge in [0.2, 0.25) is 0 Å². The van der Waals surface area contributed by atoms with E-state index in [1.54, 1.807) is 10.9 Å². The normalized spacial score (nSPS) is 15.1. The van der Waals surface area contributed by atoms with E-state index in [0.29, 0.717) is 23.7 Å². The van der Waals surface area contributed by atoms with E-state index in [4.69, 9.17) is 17.3 Å². The highest BCUT2D eigenvalue weighted by molar-refractivity contribution is 6.31. The van der Waals surface area contributed by atoms with Gasteiger partial charge in [0.05, 0.1) is 23.5 Å². The summed E-state index contributed by atoms with van der Waals surface area (Å²) in [6.07, 6.45) is 2.99. The highest BCUT2D eigenvalue weighted by atomic mass is 35.5. The molecule has 1 rings (SSSR count). The molecule has 0 spiro atoms. The molecule has 0 saturated carbocycles. The largest absolute Gasteiger partial charge is 0.382 e. The minimum absolute atomic E-state index is 0.147. The van der Waals surface area contributed by atoms with Crippen molar-refractivity contribution in [3.05, 3.63) is 16.9 Å². The Kier molecular flexibility index (Phi) is 5.59. The van der Waals surface area contributed by atoms with Crippen LogP contribution in [0.25, 0.3) is 0 Å². The first-order valence-corrected chi connectivity index (χ1v) is 6.61. The lowest BCUT2D eigenvalue weighted by Crippen LogP contribution is -2.38. The fraction of sp³-hybridized carbons (Fsp3) is 0.750. The van der Waals surface area contributed by atoms with Gasteiger partial charge in [-0.3, -0.25) is 4.68 Å². The van der Waals surface area contributed by atoms with Crippen molar-refractivity contribution < 1.29 is 5.11 Å². The number of nitrogens with zero attached hydrogens (tertiary/aromatic N) is 3. The molecule has 0 aromatic carbocycles. The number of aromatic nitrogens is 2. The van der Waals surface area contributed by atoms with Gasteiger partial charge in [-0.2, -0.15) is 5.10 Å². The van der Waals surface area contributed by atoms with Crippen LogP contribution in [0.15, 0.2) is 6.20 Å². The Bertz CT molecular complexity index is 380. The van der Waals surface area contributed by atoms with E-state index in [1.807, 2.05) is 21.0 Å². The standard InChI is InChI=1S/C12H23ClN4O/c1-4-5-12(18,9-14)11-10(13)8-15-17(11)7-6-16(2)3/h8,18H,4-7,9,14H2,1-3H3. The van der Waals surface area contributed by atoms with E-state index < -0.39 is 5.60 Å². The molecule has 6 heteroatoms. The van der Waals surface area contributed by atoms with E-state index in [2.05, 4.69) is 10.00 Å². The Hall–Kier alpha value is -0.620. The van der Waals surface area contributed by atoms with Crippen molar-refractivity contribution in [3.8, 4) is 0 Å². The molecule has 0 aliphatic heterocycles. The molecule has 0 aliphatic rings. The van der Waals surface area contributed by atoms with Gasteiger partial charge < -0.3 is 15.7 Å². The highest BCUT2D eigenvalue weighted by Gasteiger charge is 2.33. The third-order valence-corrected chi connectivity index (χ3v) is 3.27. The molecule has 3 N–H and O–H groups in total. The van der Waals surface area contributed by atoms with Gasteiger partial charge in [-0.05, 0) is 20.5 Å². The summed E-state index contributed by atoms with van der Waals surface area (Å²) in [4.78, 5) is 2.06. The summed E-state index contributed by atoms with van der Waals surface area (Å²) in [6, 6.07) is 0. The Morgan fingerprint density at radius 3 is 2.72 bits per heavy atom. The molecule has 0 bridgehead atoms. The van der Waals surface area contributed by atoms with Gasteiger partial charge >= 0.3 is 0 Å². The Labute approximate surface area is 114 Å². The van der Waals surface area contributed by atoms with Gasteiger partial charge in [-0.1, -0.05) is 24.9 Å². The molecule has 0 radical (unpaired) electrons. The maximum atomic E-state index is 10.6. The molecule has 0 aliphatic carbocycles. The van der Waals surface area contributed by atoms with Gasteiger partial charge in [0.15, 0.2) is 0 Å². The zero-order chi connectivity index (χ0) is 13.8. The van der Waals surface area contributed by atoms with Crippen LogP contribution < -0.4 is 5.73 Å². The summed E-state index contributed by atoms with van der Waals surface area (Å²) in [6.45, 7) is 3.67. The molecule has 1 aromatic heterocycles. The third-order valence-electron chi connectivity index (χ3n) is 3.00. The lowest BCUT2D eigenvalue weighted by Gasteiger charge is -2.28. The van der Waals surface area contributed by atoms with Crippen LogP contribution in [-0.2, 0) is 12.1 Å². The summed E-state index contributed by atoms with van der Waals surface area (Å²) in [5.41, 5.74) is 5.26. The summed E-state index contributed by atoms with van der Waals surface area (Å²) in [7, 11) is 3.98. The van der Waals surface area contributed by atoms with Crippen molar-refractivity contribution in [2.75, 3.05) is 27.2 Å². The van der Waals surface area contributed by atoms with Crippen LogP contribution in [0.2, 0.25) is 5.02 Å². The molecule has 0 saturated heterocycles. The molecular weight excluding hydrogens is 252 g/mol. The van der Waals surface area contributed by atoms with Crippen molar-refractivity contribution in [2.45, 2.75) is 31.9 Å². The summed E-state index contributed by atoms with van der Waals surface area (Å²) < 4.78 is 1.75. The minimum Gasteiger partial charge on any atom is -0.382 e. The fourth-order valence-electron chi connectivity index (χ4n) is 2.02. The number of hydrogen-bond acceptors (Lipinski definition) is 4. The number of likely N-dealkylation sites (N-methyl/N-ethyl adjacent to an activating group) is 1. The molecule has 104 valence electrons. The summed E-state index contributed by atoms with van der Waals surface area (Å²) in [5.74, 6) is 0. The molecule has 1 atom stereocenters. The van der Waals surface area contributed by atoms with E-state index >= 15 is 0 Å². The van der Waals surface area contributed by atoms with Crippen molar-refractivity contribution in [2.24, 2.45) is 5.73 Å². The van der Waals surface area contributed by atoms with Gasteiger partial charge in [-0.15, -0.1) is 0 Å². The monoisotopic (exact) mass is 274 g/mol. The SMILES string of the molecule is CCCC(O)(CN)c1c(Cl)cnn1CCN(C)C. The molecule has 1 unspecified atom stereocenters. The first-order valence-electron chi connectivity index (χ1n) is 6.23. The molecule has 18 heavy (non-hydrogen) atoms. The molecule has 1 heterocycles. The van der Waals surface area contributed by atoms with Gasteiger partial charge in [0.1, 0.15) is 5.60 Å². The molecule has 5 nitrogen and oxygen atoms in total. The van der Waals surface area contributed by atoms with Gasteiger partial charge in [0.25, 0.3) is 0 Å². The maximum Gasteiger partial charge on any atom is 0.120 e. The molecular formula is C12H23ClN4O. The number of halogens is 1. The second kappa shape index (κ2) is 6.52. The van der Waals surface area contributed by atoms with Crippen LogP contribution in [0.4, 0.5) is 0 Å². The van der Waals surface area contributed by atoms with E-state index in [1.165, 1.54) is 0 Å². The Morgan fingerprint density at radius 1 is 1.56 bits per heavy atom. The maximum absolute atomic E-state index is 10.6. The molecule has 1 aromatic rings. The van der Waals surface area contributed by atoms with Crippen LogP contribution in [0.1, 0.15) is 25.5 Å². The second-order valence-electron chi connectivity index (χ2n) is 4.85. The van der Waals surface area contributed by atoms with Crippen molar-refractivity contribution in [1.29, 1.82) is 0 Å². The number of nitrogens with two attached hydrogens (primary N) is 1. The zero-order valence-electron chi connectivity index (χ0n) is 11.4. The lowest BCUT2D eigenvalue weighted by atomic mass is 9.94. The minimum atomic E-state index is -1.09. The molecule has 0 fully saturated rings. The van der Waals surface area contributed by atoms with Crippen molar-refractivity contribution in [3.63, 3.8) is 0 Å². The van der Waals surface area contributed by atoms with Crippen LogP contribution >= 0.6 is 11.6 Å². The topological polar surface area (TPSA) is 67.3 Å². The zero-order valence-corrected chi connectivity index (χ0v) is 12.1. The first-order chi connectivity index (χ1) is 8.44. The smallest absolute Gasteiger partial charge is 0.120 e. The fourth-order valence-corrected chi connectivity index (χ4v) is 2.34. The lowest BCUT2D eigenvalue weighted by molar-refractivity contribution is 0.0265. The van der Waals surface area contributed by atoms with Gasteiger partial charge in [-0.25, -0.2) is 0 Å². The number of rotatable bonds is 7. The van der Waals surface area contributed by atoms with Gasteiger partial charge in [0, 0.05) is 13.1 Å². The third kappa shape index (κ3) is 3.45. The van der Waals surface area contributed by atoms with Crippen molar-refractivity contribution >= 4 is 11.6 Å². The van der Waals surface area contributed by atoms with E-state index in [0.717, 1.165) is 13.0 Å². The predicted octanol–water partition coefficient (Wildman–Crippen LogP) is 1.04. The average Bonchev–Trinajstić information content (AvgIpc) is 2.68. The van der Waals surface area contributed by atoms with E-state index in [-0.39, 0.29) is 6.54 Å². The number of hydrogen-bond donors (Lipinski definition) is 2. The molecule has 0 amide bonds. The Balaban J connectivity index is 3.01. The summed E-state index contributed by atoms with van der Waals surface area (Å²) in [5, 5.41) is 15.3. The Morgan fingerprint density at radius 2 is 2.22 bits per heavy atom. The predicted molar refractivity (Wildman–Crippen MR) is 73.7 cm³/mol. The van der Waals surface area contributed by atoms with Crippen molar-refractivity contribution in [1.82, 2.24) is 14.7 Å². The van der Waals surface area contributed by atoms with Crippen LogP contribution in [0.5, 0.6) is 0 Å². The first kappa shape index (κ1) is 15.4. The second-order valence-corrected chi connectivity index (χ2v) is 5.26.